The standard InChI is InChI=1S/C23H28N2O4/c1-6-10-25-22(26)18(16(5)19(13-24)23(25)27)11-17-8-9-20(29-14-15(3)4)21(12-17)28-7-2/h8-9,11-12,15H,6-7,10,14H2,1-5H3/b18-11+. The highest BCUT2D eigenvalue weighted by molar-refractivity contribution is 6.19. The summed E-state index contributed by atoms with van der Waals surface area (Å²) in [6.07, 6.45) is 2.32. The van der Waals surface area contributed by atoms with Crippen LogP contribution in [0.3, 0.4) is 0 Å². The largest absolute Gasteiger partial charge is 0.490 e. The molecule has 6 nitrogen and oxygen atoms in total. The first kappa shape index (κ1) is 22.2. The highest BCUT2D eigenvalue weighted by atomic mass is 16.5. The lowest BCUT2D eigenvalue weighted by Crippen LogP contribution is -2.43. The van der Waals surface area contributed by atoms with Gasteiger partial charge in [-0.3, -0.25) is 14.5 Å². The van der Waals surface area contributed by atoms with Crippen LogP contribution in [-0.4, -0.2) is 36.5 Å². The van der Waals surface area contributed by atoms with Gasteiger partial charge in [0.05, 0.1) is 13.2 Å². The molecule has 0 spiro atoms. The number of nitriles is 1. The Labute approximate surface area is 172 Å². The second-order valence-corrected chi connectivity index (χ2v) is 7.28. The zero-order valence-corrected chi connectivity index (χ0v) is 17.7. The summed E-state index contributed by atoms with van der Waals surface area (Å²) in [5.74, 6) is 0.707. The van der Waals surface area contributed by atoms with E-state index >= 15 is 0 Å². The fourth-order valence-electron chi connectivity index (χ4n) is 2.98. The van der Waals surface area contributed by atoms with Crippen molar-refractivity contribution in [3.8, 4) is 17.6 Å². The third kappa shape index (κ3) is 5.05. The van der Waals surface area contributed by atoms with Crippen LogP contribution in [0, 0.1) is 17.2 Å². The van der Waals surface area contributed by atoms with Crippen molar-refractivity contribution in [3.05, 3.63) is 40.5 Å². The zero-order chi connectivity index (χ0) is 21.6. The summed E-state index contributed by atoms with van der Waals surface area (Å²) in [6.45, 7) is 10.9. The monoisotopic (exact) mass is 396 g/mol. The molecule has 0 aromatic heterocycles. The maximum atomic E-state index is 12.9. The van der Waals surface area contributed by atoms with Crippen LogP contribution in [0.25, 0.3) is 6.08 Å². The van der Waals surface area contributed by atoms with Crippen LogP contribution >= 0.6 is 0 Å². The number of hydrogen-bond donors (Lipinski definition) is 0. The van der Waals surface area contributed by atoms with E-state index in [1.54, 1.807) is 19.1 Å². The highest BCUT2D eigenvalue weighted by Gasteiger charge is 2.34. The lowest BCUT2D eigenvalue weighted by molar-refractivity contribution is -0.140. The van der Waals surface area contributed by atoms with Gasteiger partial charge >= 0.3 is 0 Å². The van der Waals surface area contributed by atoms with E-state index in [0.29, 0.717) is 48.2 Å². The van der Waals surface area contributed by atoms with Crippen LogP contribution in [0.5, 0.6) is 11.5 Å². The van der Waals surface area contributed by atoms with Crippen molar-refractivity contribution >= 4 is 17.9 Å². The summed E-state index contributed by atoms with van der Waals surface area (Å²) < 4.78 is 11.5. The minimum absolute atomic E-state index is 0.00576. The van der Waals surface area contributed by atoms with E-state index in [2.05, 4.69) is 13.8 Å². The molecule has 154 valence electrons. The Balaban J connectivity index is 2.49. The number of nitrogens with zero attached hydrogens (tertiary/aromatic N) is 2. The van der Waals surface area contributed by atoms with Crippen LogP contribution < -0.4 is 9.47 Å². The molecule has 0 fully saturated rings. The molecule has 0 saturated heterocycles. The first-order valence-electron chi connectivity index (χ1n) is 9.92. The zero-order valence-electron chi connectivity index (χ0n) is 17.7. The van der Waals surface area contributed by atoms with E-state index in [4.69, 9.17) is 9.47 Å². The molecular weight excluding hydrogens is 368 g/mol. The van der Waals surface area contributed by atoms with Crippen molar-refractivity contribution in [2.75, 3.05) is 19.8 Å². The molecule has 2 amide bonds. The normalized spacial score (nSPS) is 15.9. The Hall–Kier alpha value is -3.07. The summed E-state index contributed by atoms with van der Waals surface area (Å²) in [5.41, 5.74) is 1.48. The van der Waals surface area contributed by atoms with Crippen LogP contribution in [0.15, 0.2) is 34.9 Å². The predicted octanol–water partition coefficient (Wildman–Crippen LogP) is 4.12. The number of hydrogen-bond acceptors (Lipinski definition) is 5. The first-order chi connectivity index (χ1) is 13.8. The minimum atomic E-state index is -0.526. The van der Waals surface area contributed by atoms with Crippen LogP contribution in [-0.2, 0) is 9.59 Å². The molecule has 0 unspecified atom stereocenters. The molecule has 1 aromatic rings. The molecule has 1 aromatic carbocycles. The average Bonchev–Trinajstić information content (AvgIpc) is 2.68. The van der Waals surface area contributed by atoms with Crippen LogP contribution in [0.2, 0.25) is 0 Å². The smallest absolute Gasteiger partial charge is 0.271 e. The quantitative estimate of drug-likeness (QED) is 0.488. The van der Waals surface area contributed by atoms with Gasteiger partial charge in [-0.15, -0.1) is 0 Å². The third-order valence-electron chi connectivity index (χ3n) is 4.42. The average molecular weight is 396 g/mol. The Kier molecular flexibility index (Phi) is 7.60. The van der Waals surface area contributed by atoms with Gasteiger partial charge in [-0.05, 0) is 55.5 Å². The summed E-state index contributed by atoms with van der Waals surface area (Å²) in [7, 11) is 0. The maximum absolute atomic E-state index is 12.9. The highest BCUT2D eigenvalue weighted by Crippen LogP contribution is 2.32. The first-order valence-corrected chi connectivity index (χ1v) is 9.92. The van der Waals surface area contributed by atoms with Gasteiger partial charge in [0.2, 0.25) is 0 Å². The van der Waals surface area contributed by atoms with Gasteiger partial charge in [-0.25, -0.2) is 0 Å². The molecule has 0 saturated carbocycles. The number of rotatable bonds is 8. The van der Waals surface area contributed by atoms with E-state index in [0.717, 1.165) is 10.5 Å². The Morgan fingerprint density at radius 2 is 1.86 bits per heavy atom. The van der Waals surface area contributed by atoms with E-state index in [1.807, 2.05) is 32.0 Å². The second-order valence-electron chi connectivity index (χ2n) is 7.28. The van der Waals surface area contributed by atoms with Gasteiger partial charge in [0.15, 0.2) is 11.5 Å². The molecule has 0 radical (unpaired) electrons. The van der Waals surface area contributed by atoms with E-state index in [1.165, 1.54) is 0 Å². The van der Waals surface area contributed by atoms with Crippen molar-refractivity contribution in [2.45, 2.75) is 41.0 Å². The van der Waals surface area contributed by atoms with E-state index in [-0.39, 0.29) is 18.0 Å². The molecule has 1 aliphatic heterocycles. The fourth-order valence-corrected chi connectivity index (χ4v) is 2.98. The summed E-state index contributed by atoms with van der Waals surface area (Å²) in [4.78, 5) is 26.5. The van der Waals surface area contributed by atoms with Crippen molar-refractivity contribution in [2.24, 2.45) is 5.92 Å². The second kappa shape index (κ2) is 9.92. The van der Waals surface area contributed by atoms with Crippen molar-refractivity contribution < 1.29 is 19.1 Å². The molecule has 29 heavy (non-hydrogen) atoms. The van der Waals surface area contributed by atoms with Crippen LogP contribution in [0.4, 0.5) is 0 Å². The molecular formula is C23H28N2O4. The molecule has 1 heterocycles. The lowest BCUT2D eigenvalue weighted by atomic mass is 9.93. The van der Waals surface area contributed by atoms with Gasteiger partial charge in [-0.1, -0.05) is 26.8 Å². The SMILES string of the molecule is CCCN1C(=O)C(C#N)=C(C)/C(=C\c2ccc(OCC(C)C)c(OCC)c2)C1=O. The lowest BCUT2D eigenvalue weighted by Gasteiger charge is -2.27. The van der Waals surface area contributed by atoms with Gasteiger partial charge in [0.1, 0.15) is 11.6 Å². The number of carbonyl (C=O) groups is 2. The predicted molar refractivity (Wildman–Crippen MR) is 111 cm³/mol. The maximum Gasteiger partial charge on any atom is 0.271 e. The number of carbonyl (C=O) groups excluding carboxylic acids is 2. The van der Waals surface area contributed by atoms with E-state index in [9.17, 15) is 14.9 Å². The van der Waals surface area contributed by atoms with Gasteiger partial charge in [-0.2, -0.15) is 5.26 Å². The van der Waals surface area contributed by atoms with Crippen LogP contribution in [0.1, 0.15) is 46.6 Å². The fraction of sp³-hybridized carbons (Fsp3) is 0.435. The van der Waals surface area contributed by atoms with Gasteiger partial charge < -0.3 is 9.47 Å². The van der Waals surface area contributed by atoms with Crippen molar-refractivity contribution in [3.63, 3.8) is 0 Å². The molecule has 6 heteroatoms. The molecule has 0 bridgehead atoms. The molecule has 0 aliphatic carbocycles. The molecule has 0 N–H and O–H groups in total. The van der Waals surface area contributed by atoms with E-state index < -0.39 is 5.91 Å². The Morgan fingerprint density at radius 3 is 2.45 bits per heavy atom. The topological polar surface area (TPSA) is 79.6 Å². The number of amides is 2. The summed E-state index contributed by atoms with van der Waals surface area (Å²) in [6, 6.07) is 7.40. The molecule has 1 aliphatic rings. The van der Waals surface area contributed by atoms with Crippen molar-refractivity contribution in [1.82, 2.24) is 4.90 Å². The summed E-state index contributed by atoms with van der Waals surface area (Å²) >= 11 is 0. The molecule has 2 rings (SSSR count). The number of imide groups is 1. The summed E-state index contributed by atoms with van der Waals surface area (Å²) in [5, 5.41) is 9.41. The van der Waals surface area contributed by atoms with Gasteiger partial charge in [0.25, 0.3) is 11.8 Å². The third-order valence-corrected chi connectivity index (χ3v) is 4.42. The van der Waals surface area contributed by atoms with Gasteiger partial charge in [0, 0.05) is 12.1 Å². The Morgan fingerprint density at radius 1 is 1.14 bits per heavy atom. The number of benzene rings is 1. The minimum Gasteiger partial charge on any atom is -0.490 e. The van der Waals surface area contributed by atoms with Crippen molar-refractivity contribution in [1.29, 1.82) is 5.26 Å². The molecule has 0 atom stereocenters. The Bertz CT molecular complexity index is 891. The number of ether oxygens (including phenoxy) is 2.